The fourth-order valence-corrected chi connectivity index (χ4v) is 6.94. The zero-order valence-electron chi connectivity index (χ0n) is 17.3. The number of benzene rings is 2. The summed E-state index contributed by atoms with van der Waals surface area (Å²) in [6, 6.07) is 17.7. The molecule has 1 aliphatic heterocycles. The molecule has 3 aliphatic carbocycles. The Morgan fingerprint density at radius 2 is 1.93 bits per heavy atom. The molecule has 30 heavy (non-hydrogen) atoms. The number of fused-ring (bicyclic) bond motifs is 3. The molecule has 4 aliphatic rings. The normalized spacial score (nSPS) is 29.9. The number of phenols is 1. The van der Waals surface area contributed by atoms with Crippen LogP contribution < -0.4 is 0 Å². The predicted molar refractivity (Wildman–Crippen MR) is 119 cm³/mol. The molecular weight excluding hydrogens is 368 g/mol. The van der Waals surface area contributed by atoms with Crippen LogP contribution in [-0.4, -0.2) is 34.1 Å². The number of pyridine rings is 1. The van der Waals surface area contributed by atoms with Crippen molar-refractivity contribution in [2.24, 2.45) is 11.8 Å². The second-order valence-electron chi connectivity index (χ2n) is 10.2. The van der Waals surface area contributed by atoms with Gasteiger partial charge in [0.05, 0.1) is 5.52 Å². The minimum absolute atomic E-state index is 0.147. The third-order valence-electron chi connectivity index (χ3n) is 8.55. The number of hydrogen-bond acceptors (Lipinski definition) is 3. The van der Waals surface area contributed by atoms with E-state index in [1.807, 2.05) is 6.07 Å². The van der Waals surface area contributed by atoms with Crippen LogP contribution in [0.15, 0.2) is 48.5 Å². The van der Waals surface area contributed by atoms with Crippen molar-refractivity contribution in [2.75, 3.05) is 13.1 Å². The van der Waals surface area contributed by atoms with Gasteiger partial charge < -0.3 is 5.11 Å². The fraction of sp³-hybridized carbons (Fsp3) is 0.444. The molecule has 3 heteroatoms. The molecule has 2 aromatic carbocycles. The Bertz CT molecular complexity index is 1170. The number of likely N-dealkylation sites (tertiary alicyclic amines) is 1. The van der Waals surface area contributed by atoms with Crippen LogP contribution in [-0.2, 0) is 24.7 Å². The predicted octanol–water partition coefficient (Wildman–Crippen LogP) is 4.63. The number of phenolic OH excluding ortho intramolecular Hbond substituents is 1. The lowest BCUT2D eigenvalue weighted by Crippen LogP contribution is -2.62. The van der Waals surface area contributed by atoms with E-state index in [0.717, 1.165) is 30.7 Å². The van der Waals surface area contributed by atoms with Crippen molar-refractivity contribution in [3.05, 3.63) is 70.9 Å². The average molecular weight is 397 g/mol. The Kier molecular flexibility index (Phi) is 3.50. The molecule has 3 aromatic rings. The van der Waals surface area contributed by atoms with Gasteiger partial charge in [0.2, 0.25) is 0 Å². The highest BCUT2D eigenvalue weighted by atomic mass is 16.3. The van der Waals surface area contributed by atoms with Gasteiger partial charge in [-0.25, -0.2) is 0 Å². The third kappa shape index (κ3) is 2.45. The highest BCUT2D eigenvalue weighted by Gasteiger charge is 2.55. The first-order valence-electron chi connectivity index (χ1n) is 11.6. The molecule has 2 fully saturated rings. The second kappa shape index (κ2) is 6.07. The van der Waals surface area contributed by atoms with E-state index in [9.17, 15) is 5.11 Å². The van der Waals surface area contributed by atoms with Crippen LogP contribution in [0.1, 0.15) is 41.6 Å². The van der Waals surface area contributed by atoms with Crippen molar-refractivity contribution < 1.29 is 5.11 Å². The topological polar surface area (TPSA) is 36.4 Å². The lowest BCUT2D eigenvalue weighted by Gasteiger charge is -2.59. The first kappa shape index (κ1) is 17.3. The smallest absolute Gasteiger partial charge is 0.115 e. The highest BCUT2D eigenvalue weighted by Crippen LogP contribution is 2.55. The van der Waals surface area contributed by atoms with Gasteiger partial charge in [0, 0.05) is 29.1 Å². The first-order chi connectivity index (χ1) is 14.7. The maximum absolute atomic E-state index is 10.4. The summed E-state index contributed by atoms with van der Waals surface area (Å²) in [5.41, 5.74) is 6.90. The van der Waals surface area contributed by atoms with E-state index in [4.69, 9.17) is 4.98 Å². The van der Waals surface area contributed by atoms with Crippen LogP contribution in [0, 0.1) is 11.8 Å². The minimum Gasteiger partial charge on any atom is -0.508 e. The molecule has 3 nitrogen and oxygen atoms in total. The first-order valence-corrected chi connectivity index (χ1v) is 11.6. The number of piperidine rings is 1. The highest BCUT2D eigenvalue weighted by molar-refractivity contribution is 5.79. The number of rotatable bonds is 2. The van der Waals surface area contributed by atoms with Crippen LogP contribution >= 0.6 is 0 Å². The zero-order valence-corrected chi connectivity index (χ0v) is 17.3. The van der Waals surface area contributed by atoms with E-state index in [1.165, 1.54) is 60.1 Å². The molecule has 3 atom stereocenters. The molecule has 2 heterocycles. The Morgan fingerprint density at radius 1 is 1.03 bits per heavy atom. The maximum atomic E-state index is 10.4. The Balaban J connectivity index is 1.40. The lowest BCUT2D eigenvalue weighted by molar-refractivity contribution is 0.00469. The lowest BCUT2D eigenvalue weighted by atomic mass is 9.52. The van der Waals surface area contributed by atoms with Crippen molar-refractivity contribution >= 4 is 10.9 Å². The molecular formula is C27H28N2O. The van der Waals surface area contributed by atoms with E-state index in [1.54, 1.807) is 0 Å². The van der Waals surface area contributed by atoms with Gasteiger partial charge in [0.25, 0.3) is 0 Å². The van der Waals surface area contributed by atoms with E-state index in [2.05, 4.69) is 47.4 Å². The summed E-state index contributed by atoms with van der Waals surface area (Å²) in [5.74, 6) is 1.94. The summed E-state index contributed by atoms with van der Waals surface area (Å²) < 4.78 is 0. The van der Waals surface area contributed by atoms with Gasteiger partial charge in [-0.15, -0.1) is 0 Å². The number of para-hydroxylation sites is 1. The van der Waals surface area contributed by atoms with Crippen LogP contribution in [0.5, 0.6) is 5.75 Å². The Hall–Kier alpha value is -2.39. The number of nitrogens with zero attached hydrogens (tertiary/aromatic N) is 2. The SMILES string of the molecule is Oc1ccc2c(c1)[C@]13CCN(CC4CC4)[C@H](C2)[C@@H]1Cc1nc2ccccc2cc1C3. The molecule has 0 spiro atoms. The molecule has 1 N–H and O–H groups in total. The fourth-order valence-electron chi connectivity index (χ4n) is 6.94. The summed E-state index contributed by atoms with van der Waals surface area (Å²) >= 11 is 0. The quantitative estimate of drug-likeness (QED) is 0.686. The van der Waals surface area contributed by atoms with Gasteiger partial charge in [0.1, 0.15) is 5.75 Å². The summed E-state index contributed by atoms with van der Waals surface area (Å²) in [6.07, 6.45) is 7.29. The maximum Gasteiger partial charge on any atom is 0.115 e. The van der Waals surface area contributed by atoms with Crippen LogP contribution in [0.3, 0.4) is 0 Å². The number of hydrogen-bond donors (Lipinski definition) is 1. The monoisotopic (exact) mass is 396 g/mol. The van der Waals surface area contributed by atoms with Gasteiger partial charge in [0.15, 0.2) is 0 Å². The summed E-state index contributed by atoms with van der Waals surface area (Å²) in [6.45, 7) is 2.48. The van der Waals surface area contributed by atoms with Gasteiger partial charge >= 0.3 is 0 Å². The molecule has 7 rings (SSSR count). The van der Waals surface area contributed by atoms with Gasteiger partial charge in [-0.2, -0.15) is 0 Å². The van der Waals surface area contributed by atoms with Crippen molar-refractivity contribution in [3.8, 4) is 5.75 Å². The van der Waals surface area contributed by atoms with Gasteiger partial charge in [-0.3, -0.25) is 9.88 Å². The average Bonchev–Trinajstić information content (AvgIpc) is 3.57. The van der Waals surface area contributed by atoms with Crippen LogP contribution in [0.25, 0.3) is 10.9 Å². The van der Waals surface area contributed by atoms with Crippen LogP contribution in [0.4, 0.5) is 0 Å². The van der Waals surface area contributed by atoms with E-state index in [0.29, 0.717) is 17.7 Å². The molecule has 2 bridgehead atoms. The van der Waals surface area contributed by atoms with E-state index >= 15 is 0 Å². The molecule has 1 saturated heterocycles. The van der Waals surface area contributed by atoms with Crippen molar-refractivity contribution in [1.29, 1.82) is 0 Å². The minimum atomic E-state index is 0.147. The molecule has 0 unspecified atom stereocenters. The summed E-state index contributed by atoms with van der Waals surface area (Å²) in [5, 5.41) is 11.6. The molecule has 152 valence electrons. The molecule has 1 aromatic heterocycles. The third-order valence-corrected chi connectivity index (χ3v) is 8.55. The molecule has 0 radical (unpaired) electrons. The van der Waals surface area contributed by atoms with E-state index in [-0.39, 0.29) is 5.41 Å². The van der Waals surface area contributed by atoms with Crippen molar-refractivity contribution in [2.45, 2.75) is 50.0 Å². The summed E-state index contributed by atoms with van der Waals surface area (Å²) in [7, 11) is 0. The van der Waals surface area contributed by atoms with Gasteiger partial charge in [-0.05, 0) is 97.9 Å². The molecule has 1 saturated carbocycles. The second-order valence-corrected chi connectivity index (χ2v) is 10.2. The molecule has 0 amide bonds. The van der Waals surface area contributed by atoms with Crippen LogP contribution in [0.2, 0.25) is 0 Å². The largest absolute Gasteiger partial charge is 0.508 e. The number of aromatic hydroxyl groups is 1. The Labute approximate surface area is 177 Å². The zero-order chi connectivity index (χ0) is 19.9. The standard InChI is InChI=1S/C27H28N2O/c30-21-8-7-18-12-26-23-14-25-20(11-19-3-1-2-4-24(19)28-25)15-27(23,22(18)13-21)9-10-29(26)16-17-5-6-17/h1-4,7-8,11,13,17,23,26,30H,5-6,9-10,12,14-16H2/t23-,26+,27+/m0/s1. The van der Waals surface area contributed by atoms with Gasteiger partial charge in [-0.1, -0.05) is 24.3 Å². The van der Waals surface area contributed by atoms with Crippen molar-refractivity contribution in [3.63, 3.8) is 0 Å². The number of aromatic nitrogens is 1. The van der Waals surface area contributed by atoms with Crippen molar-refractivity contribution in [1.82, 2.24) is 9.88 Å². The Morgan fingerprint density at radius 3 is 2.83 bits per heavy atom. The van der Waals surface area contributed by atoms with E-state index < -0.39 is 0 Å². The summed E-state index contributed by atoms with van der Waals surface area (Å²) in [4.78, 5) is 7.96.